The highest BCUT2D eigenvalue weighted by Crippen LogP contribution is 1.85. The van der Waals surface area contributed by atoms with Gasteiger partial charge in [0.1, 0.15) is 6.61 Å². The van der Waals surface area contributed by atoms with Crippen LogP contribution in [0.4, 0.5) is 0 Å². The van der Waals surface area contributed by atoms with Gasteiger partial charge in [0.2, 0.25) is 11.8 Å². The third-order valence-electron chi connectivity index (χ3n) is 1.68. The molecule has 0 aromatic rings. The lowest BCUT2D eigenvalue weighted by atomic mass is 10.3. The van der Waals surface area contributed by atoms with Crippen LogP contribution < -0.4 is 11.1 Å². The quantitative estimate of drug-likeness (QED) is 0.381. The number of hydrogen-bond donors (Lipinski definition) is 2. The Hall–Kier alpha value is -1.58. The van der Waals surface area contributed by atoms with Gasteiger partial charge in [0.05, 0.1) is 19.8 Å². The van der Waals surface area contributed by atoms with Crippen LogP contribution in [0.25, 0.3) is 0 Å². The predicted octanol–water partition coefficient (Wildman–Crippen LogP) is -0.965. The number of terminal acetylenes is 1. The number of ether oxygens (including phenoxy) is 2. The molecular weight excluding hydrogens is 224 g/mol. The molecule has 0 rings (SSSR count). The number of rotatable bonds is 10. The lowest BCUT2D eigenvalue weighted by Gasteiger charge is -2.05. The van der Waals surface area contributed by atoms with E-state index in [4.69, 9.17) is 21.6 Å². The third kappa shape index (κ3) is 12.4. The van der Waals surface area contributed by atoms with Crippen molar-refractivity contribution in [2.24, 2.45) is 5.73 Å². The van der Waals surface area contributed by atoms with E-state index in [0.29, 0.717) is 39.2 Å². The van der Waals surface area contributed by atoms with Crippen molar-refractivity contribution in [1.29, 1.82) is 0 Å². The molecule has 0 radical (unpaired) electrons. The molecule has 0 heterocycles. The van der Waals surface area contributed by atoms with Gasteiger partial charge in [0.15, 0.2) is 0 Å². The maximum atomic E-state index is 11.1. The molecule has 0 aliphatic carbocycles. The molecule has 3 N–H and O–H groups in total. The summed E-state index contributed by atoms with van der Waals surface area (Å²) in [7, 11) is 0. The first kappa shape index (κ1) is 15.4. The molecule has 0 saturated heterocycles. The van der Waals surface area contributed by atoms with Crippen molar-refractivity contribution in [2.75, 3.05) is 33.0 Å². The fourth-order valence-electron chi connectivity index (χ4n) is 0.929. The van der Waals surface area contributed by atoms with Gasteiger partial charge in [-0.25, -0.2) is 0 Å². The Morgan fingerprint density at radius 2 is 1.94 bits per heavy atom. The zero-order valence-electron chi connectivity index (χ0n) is 9.74. The number of nitrogens with two attached hydrogens (primary N) is 1. The summed E-state index contributed by atoms with van der Waals surface area (Å²) in [6.07, 6.45) is 5.79. The number of primary amides is 1. The molecule has 0 atom stereocenters. The minimum atomic E-state index is -0.509. The molecule has 6 nitrogen and oxygen atoms in total. The summed E-state index contributed by atoms with van der Waals surface area (Å²) < 4.78 is 10.0. The lowest BCUT2D eigenvalue weighted by Crippen LogP contribution is -2.27. The van der Waals surface area contributed by atoms with Gasteiger partial charge in [-0.15, -0.1) is 12.3 Å². The number of carbonyl (C=O) groups excluding carboxylic acids is 2. The van der Waals surface area contributed by atoms with Crippen molar-refractivity contribution in [1.82, 2.24) is 5.32 Å². The van der Waals surface area contributed by atoms with Crippen molar-refractivity contribution < 1.29 is 19.1 Å². The van der Waals surface area contributed by atoms with Gasteiger partial charge in [-0.2, -0.15) is 0 Å². The van der Waals surface area contributed by atoms with E-state index in [1.807, 2.05) is 0 Å². The van der Waals surface area contributed by atoms with E-state index in [1.54, 1.807) is 0 Å². The zero-order valence-corrected chi connectivity index (χ0v) is 9.74. The topological polar surface area (TPSA) is 90.7 Å². The molecule has 6 heteroatoms. The number of amides is 2. The Morgan fingerprint density at radius 1 is 1.24 bits per heavy atom. The first-order chi connectivity index (χ1) is 8.16. The molecule has 0 unspecified atom stereocenters. The second-order valence-corrected chi connectivity index (χ2v) is 3.19. The Bertz CT molecular complexity index is 273. The van der Waals surface area contributed by atoms with Crippen molar-refractivity contribution >= 4 is 11.8 Å². The summed E-state index contributed by atoms with van der Waals surface area (Å²) in [4.78, 5) is 21.4. The van der Waals surface area contributed by atoms with Crippen LogP contribution in [0, 0.1) is 12.3 Å². The van der Waals surface area contributed by atoms with E-state index in [0.717, 1.165) is 0 Å². The Balaban J connectivity index is 3.16. The van der Waals surface area contributed by atoms with E-state index >= 15 is 0 Å². The summed E-state index contributed by atoms with van der Waals surface area (Å²) in [5.74, 6) is 1.79. The van der Waals surface area contributed by atoms with E-state index < -0.39 is 5.91 Å². The number of carbonyl (C=O) groups is 2. The lowest BCUT2D eigenvalue weighted by molar-refractivity contribution is -0.123. The predicted molar refractivity (Wildman–Crippen MR) is 61.9 cm³/mol. The second-order valence-electron chi connectivity index (χ2n) is 3.19. The van der Waals surface area contributed by atoms with Crippen LogP contribution in [-0.2, 0) is 19.1 Å². The minimum Gasteiger partial charge on any atom is -0.377 e. The average Bonchev–Trinajstić information content (AvgIpc) is 2.29. The molecule has 0 bridgehead atoms. The zero-order chi connectivity index (χ0) is 12.9. The van der Waals surface area contributed by atoms with Gasteiger partial charge < -0.3 is 20.5 Å². The van der Waals surface area contributed by atoms with Crippen LogP contribution in [0.2, 0.25) is 0 Å². The summed E-state index contributed by atoms with van der Waals surface area (Å²) >= 11 is 0. The molecule has 0 aromatic heterocycles. The Morgan fingerprint density at radius 3 is 2.59 bits per heavy atom. The Labute approximate surface area is 101 Å². The highest BCUT2D eigenvalue weighted by atomic mass is 16.5. The highest BCUT2D eigenvalue weighted by Gasteiger charge is 1.98. The summed E-state index contributed by atoms with van der Waals surface area (Å²) in [5.41, 5.74) is 4.86. The van der Waals surface area contributed by atoms with Crippen molar-refractivity contribution in [3.8, 4) is 12.3 Å². The van der Waals surface area contributed by atoms with Crippen LogP contribution >= 0.6 is 0 Å². The normalized spacial score (nSPS) is 9.59. The fraction of sp³-hybridized carbons (Fsp3) is 0.636. The highest BCUT2D eigenvalue weighted by molar-refractivity contribution is 5.76. The molecule has 17 heavy (non-hydrogen) atoms. The maximum absolute atomic E-state index is 11.1. The minimum absolute atomic E-state index is 0.0865. The molecular formula is C11H18N2O4. The number of nitrogens with one attached hydrogen (secondary N) is 1. The van der Waals surface area contributed by atoms with E-state index in [-0.39, 0.29) is 12.5 Å². The van der Waals surface area contributed by atoms with E-state index in [1.165, 1.54) is 0 Å². The van der Waals surface area contributed by atoms with Crippen LogP contribution in [0.5, 0.6) is 0 Å². The second kappa shape index (κ2) is 10.9. The Kier molecular flexibility index (Phi) is 9.91. The van der Waals surface area contributed by atoms with Crippen LogP contribution in [0.15, 0.2) is 0 Å². The number of hydrogen-bond acceptors (Lipinski definition) is 4. The average molecular weight is 242 g/mol. The van der Waals surface area contributed by atoms with Crippen molar-refractivity contribution in [3.63, 3.8) is 0 Å². The molecule has 96 valence electrons. The standard InChI is InChI=1S/C11H18N2O4/c1-2-3-4-11(15)13-5-6-16-7-8-17-9-10(12)14/h1H,3-9H2,(H2,12,14)(H,13,15). The molecule has 0 aromatic carbocycles. The molecule has 0 aliphatic rings. The van der Waals surface area contributed by atoms with Gasteiger partial charge in [0, 0.05) is 19.4 Å². The summed E-state index contributed by atoms with van der Waals surface area (Å²) in [6.45, 7) is 1.37. The smallest absolute Gasteiger partial charge is 0.243 e. The summed E-state index contributed by atoms with van der Waals surface area (Å²) in [6, 6.07) is 0. The van der Waals surface area contributed by atoms with Gasteiger partial charge in [0.25, 0.3) is 0 Å². The molecule has 0 fully saturated rings. The molecule has 0 aliphatic heterocycles. The largest absolute Gasteiger partial charge is 0.377 e. The first-order valence-electron chi connectivity index (χ1n) is 5.30. The van der Waals surface area contributed by atoms with Gasteiger partial charge in [-0.05, 0) is 0 Å². The molecule has 2 amide bonds. The van der Waals surface area contributed by atoms with E-state index in [9.17, 15) is 9.59 Å². The fourth-order valence-corrected chi connectivity index (χ4v) is 0.929. The van der Waals surface area contributed by atoms with Gasteiger partial charge >= 0.3 is 0 Å². The monoisotopic (exact) mass is 242 g/mol. The first-order valence-corrected chi connectivity index (χ1v) is 5.30. The maximum Gasteiger partial charge on any atom is 0.243 e. The van der Waals surface area contributed by atoms with Crippen molar-refractivity contribution in [3.05, 3.63) is 0 Å². The molecule has 0 saturated carbocycles. The molecule has 0 spiro atoms. The van der Waals surface area contributed by atoms with Gasteiger partial charge in [-0.3, -0.25) is 9.59 Å². The van der Waals surface area contributed by atoms with E-state index in [2.05, 4.69) is 11.2 Å². The third-order valence-corrected chi connectivity index (χ3v) is 1.68. The van der Waals surface area contributed by atoms with Crippen LogP contribution in [0.3, 0.4) is 0 Å². The van der Waals surface area contributed by atoms with Crippen molar-refractivity contribution in [2.45, 2.75) is 12.8 Å². The SMILES string of the molecule is C#CCCC(=O)NCCOCCOCC(N)=O. The summed E-state index contributed by atoms with van der Waals surface area (Å²) in [5, 5.41) is 2.65. The van der Waals surface area contributed by atoms with Crippen LogP contribution in [-0.4, -0.2) is 44.8 Å². The van der Waals surface area contributed by atoms with Gasteiger partial charge in [-0.1, -0.05) is 0 Å². The van der Waals surface area contributed by atoms with Crippen LogP contribution in [0.1, 0.15) is 12.8 Å².